The van der Waals surface area contributed by atoms with Gasteiger partial charge in [-0.1, -0.05) is 24.4 Å². The van der Waals surface area contributed by atoms with Crippen LogP contribution in [0, 0.1) is 0 Å². The Hall–Kier alpha value is -2.57. The summed E-state index contributed by atoms with van der Waals surface area (Å²) in [6.45, 7) is 0.327. The summed E-state index contributed by atoms with van der Waals surface area (Å²) in [5.74, 6) is 1.73. The molecule has 0 spiro atoms. The van der Waals surface area contributed by atoms with Crippen molar-refractivity contribution in [1.82, 2.24) is 20.4 Å². The fourth-order valence-corrected chi connectivity index (χ4v) is 3.23. The fraction of sp³-hybridized carbons (Fsp3) is 0.500. The summed E-state index contributed by atoms with van der Waals surface area (Å²) in [6.07, 6.45) is 5.58. The van der Waals surface area contributed by atoms with E-state index in [4.69, 9.17) is 9.26 Å². The number of aromatic nitrogens is 2. The molecule has 25 heavy (non-hydrogen) atoms. The van der Waals surface area contributed by atoms with Gasteiger partial charge in [0, 0.05) is 18.7 Å². The minimum atomic E-state index is -0.101. The predicted octanol–water partition coefficient (Wildman–Crippen LogP) is 3.22. The number of hydrogen-bond acceptors (Lipinski definition) is 5. The van der Waals surface area contributed by atoms with Crippen molar-refractivity contribution in [3.63, 3.8) is 0 Å². The van der Waals surface area contributed by atoms with E-state index in [1.807, 2.05) is 29.2 Å². The number of amides is 2. The zero-order valence-electron chi connectivity index (χ0n) is 14.7. The normalized spacial score (nSPS) is 15.0. The summed E-state index contributed by atoms with van der Waals surface area (Å²) >= 11 is 0. The van der Waals surface area contributed by atoms with E-state index in [9.17, 15) is 4.79 Å². The van der Waals surface area contributed by atoms with Crippen LogP contribution in [0.4, 0.5) is 4.79 Å². The molecule has 7 nitrogen and oxygen atoms in total. The number of methoxy groups -OCH3 is 1. The average molecular weight is 344 g/mol. The Morgan fingerprint density at radius 3 is 2.64 bits per heavy atom. The number of rotatable bonds is 5. The average Bonchev–Trinajstić information content (AvgIpc) is 3.15. The summed E-state index contributed by atoms with van der Waals surface area (Å²) in [7, 11) is 3.27. The molecule has 7 heteroatoms. The van der Waals surface area contributed by atoms with Gasteiger partial charge in [-0.3, -0.25) is 0 Å². The molecule has 0 radical (unpaired) electrons. The highest BCUT2D eigenvalue weighted by Crippen LogP contribution is 2.25. The van der Waals surface area contributed by atoms with Crippen molar-refractivity contribution in [1.29, 1.82) is 0 Å². The maximum absolute atomic E-state index is 12.3. The molecule has 0 atom stereocenters. The zero-order chi connectivity index (χ0) is 17.6. The third-order valence-electron chi connectivity index (χ3n) is 4.61. The first-order valence-electron chi connectivity index (χ1n) is 8.66. The highest BCUT2D eigenvalue weighted by Gasteiger charge is 2.26. The van der Waals surface area contributed by atoms with E-state index < -0.39 is 0 Å². The molecule has 1 aromatic heterocycles. The summed E-state index contributed by atoms with van der Waals surface area (Å²) in [5, 5.41) is 6.76. The monoisotopic (exact) mass is 344 g/mol. The van der Waals surface area contributed by atoms with Crippen molar-refractivity contribution < 1.29 is 14.1 Å². The molecule has 1 aromatic carbocycles. The molecular formula is C18H24N4O3. The Bertz CT molecular complexity index is 693. The number of benzene rings is 1. The summed E-state index contributed by atoms with van der Waals surface area (Å²) in [6, 6.07) is 7.59. The van der Waals surface area contributed by atoms with Gasteiger partial charge in [-0.05, 0) is 37.1 Å². The van der Waals surface area contributed by atoms with Crippen molar-refractivity contribution in [2.24, 2.45) is 0 Å². The van der Waals surface area contributed by atoms with Crippen molar-refractivity contribution >= 4 is 6.03 Å². The number of nitrogens with zero attached hydrogens (tertiary/aromatic N) is 3. The maximum Gasteiger partial charge on any atom is 0.317 e. The number of carbonyl (C=O) groups is 1. The van der Waals surface area contributed by atoms with Crippen molar-refractivity contribution in [3.05, 3.63) is 30.2 Å². The van der Waals surface area contributed by atoms with Gasteiger partial charge in [0.05, 0.1) is 7.11 Å². The molecule has 1 fully saturated rings. The van der Waals surface area contributed by atoms with E-state index in [0.717, 1.165) is 37.0 Å². The molecule has 0 bridgehead atoms. The van der Waals surface area contributed by atoms with Gasteiger partial charge in [-0.25, -0.2) is 4.79 Å². The molecule has 2 aromatic rings. The second-order valence-corrected chi connectivity index (χ2v) is 6.22. The van der Waals surface area contributed by atoms with E-state index in [-0.39, 0.29) is 12.1 Å². The van der Waals surface area contributed by atoms with Crippen molar-refractivity contribution in [3.8, 4) is 17.1 Å². The molecule has 0 unspecified atom stereocenters. The van der Waals surface area contributed by atoms with Crippen LogP contribution in [-0.2, 0) is 6.54 Å². The van der Waals surface area contributed by atoms with Crippen LogP contribution in [0.15, 0.2) is 28.8 Å². The highest BCUT2D eigenvalue weighted by molar-refractivity contribution is 5.74. The lowest BCUT2D eigenvalue weighted by molar-refractivity contribution is 0.142. The van der Waals surface area contributed by atoms with Crippen molar-refractivity contribution in [2.45, 2.75) is 44.7 Å². The lowest BCUT2D eigenvalue weighted by Crippen LogP contribution is -2.45. The van der Waals surface area contributed by atoms with E-state index >= 15 is 0 Å². The van der Waals surface area contributed by atoms with Crippen LogP contribution in [0.3, 0.4) is 0 Å². The quantitative estimate of drug-likeness (QED) is 0.901. The maximum atomic E-state index is 12.3. The van der Waals surface area contributed by atoms with Gasteiger partial charge in [0.1, 0.15) is 12.3 Å². The smallest absolute Gasteiger partial charge is 0.317 e. The highest BCUT2D eigenvalue weighted by atomic mass is 16.5. The van der Waals surface area contributed by atoms with Crippen LogP contribution in [-0.4, -0.2) is 41.3 Å². The first-order valence-corrected chi connectivity index (χ1v) is 8.66. The minimum absolute atomic E-state index is 0.101. The van der Waals surface area contributed by atoms with Gasteiger partial charge in [-0.15, -0.1) is 0 Å². The SMILES string of the molecule is CNC(=O)N(Cc1nc(-c2ccc(OC)cc2)no1)C1CCCCC1. The van der Waals surface area contributed by atoms with Gasteiger partial charge >= 0.3 is 6.03 Å². The molecule has 1 aliphatic rings. The van der Waals surface area contributed by atoms with Gasteiger partial charge in [0.15, 0.2) is 0 Å². The summed E-state index contributed by atoms with van der Waals surface area (Å²) in [4.78, 5) is 18.5. The van der Waals surface area contributed by atoms with Gasteiger partial charge in [-0.2, -0.15) is 4.98 Å². The van der Waals surface area contributed by atoms with Gasteiger partial charge in [0.25, 0.3) is 0 Å². The van der Waals surface area contributed by atoms with Crippen LogP contribution >= 0.6 is 0 Å². The fourth-order valence-electron chi connectivity index (χ4n) is 3.23. The molecule has 3 rings (SSSR count). The number of ether oxygens (including phenoxy) is 1. The standard InChI is InChI=1S/C18H24N4O3/c1-19-18(23)22(14-6-4-3-5-7-14)12-16-20-17(21-25-16)13-8-10-15(24-2)11-9-13/h8-11,14H,3-7,12H2,1-2H3,(H,19,23). The first-order chi connectivity index (χ1) is 12.2. The number of carbonyl (C=O) groups excluding carboxylic acids is 1. The number of nitrogens with one attached hydrogen (secondary N) is 1. The number of hydrogen-bond donors (Lipinski definition) is 1. The topological polar surface area (TPSA) is 80.5 Å². The van der Waals surface area contributed by atoms with Crippen LogP contribution in [0.25, 0.3) is 11.4 Å². The predicted molar refractivity (Wildman–Crippen MR) is 93.2 cm³/mol. The zero-order valence-corrected chi connectivity index (χ0v) is 14.7. The molecule has 1 heterocycles. The molecule has 2 amide bonds. The lowest BCUT2D eigenvalue weighted by atomic mass is 9.94. The molecule has 134 valence electrons. The van der Waals surface area contributed by atoms with Crippen LogP contribution in [0.2, 0.25) is 0 Å². The van der Waals surface area contributed by atoms with E-state index in [2.05, 4.69) is 15.5 Å². The van der Waals surface area contributed by atoms with E-state index in [1.165, 1.54) is 6.42 Å². The molecule has 0 saturated heterocycles. The molecule has 0 aliphatic heterocycles. The third kappa shape index (κ3) is 4.10. The van der Waals surface area contributed by atoms with E-state index in [0.29, 0.717) is 18.3 Å². The van der Waals surface area contributed by atoms with Gasteiger partial charge < -0.3 is 19.5 Å². The lowest BCUT2D eigenvalue weighted by Gasteiger charge is -2.33. The Morgan fingerprint density at radius 2 is 2.00 bits per heavy atom. The van der Waals surface area contributed by atoms with E-state index in [1.54, 1.807) is 14.2 Å². The Labute approximate surface area is 147 Å². The van der Waals surface area contributed by atoms with Crippen LogP contribution in [0.1, 0.15) is 38.0 Å². The number of urea groups is 1. The molecule has 1 aliphatic carbocycles. The molecular weight excluding hydrogens is 320 g/mol. The second-order valence-electron chi connectivity index (χ2n) is 6.22. The van der Waals surface area contributed by atoms with Crippen LogP contribution < -0.4 is 10.1 Å². The first kappa shape index (κ1) is 17.3. The second kappa shape index (κ2) is 8.00. The Balaban J connectivity index is 1.73. The third-order valence-corrected chi connectivity index (χ3v) is 4.61. The molecule has 1 saturated carbocycles. The Morgan fingerprint density at radius 1 is 1.28 bits per heavy atom. The minimum Gasteiger partial charge on any atom is -0.497 e. The molecule has 1 N–H and O–H groups in total. The largest absolute Gasteiger partial charge is 0.497 e. The summed E-state index contributed by atoms with van der Waals surface area (Å²) in [5.41, 5.74) is 0.847. The summed E-state index contributed by atoms with van der Waals surface area (Å²) < 4.78 is 10.5. The van der Waals surface area contributed by atoms with Crippen LogP contribution in [0.5, 0.6) is 5.75 Å². The Kier molecular flexibility index (Phi) is 5.53. The van der Waals surface area contributed by atoms with Gasteiger partial charge in [0.2, 0.25) is 11.7 Å². The van der Waals surface area contributed by atoms with Crippen molar-refractivity contribution in [2.75, 3.05) is 14.2 Å².